The summed E-state index contributed by atoms with van der Waals surface area (Å²) in [5.41, 5.74) is 2.31. The fraction of sp³-hybridized carbons (Fsp3) is 0.105. The molecule has 11 heteroatoms. The minimum atomic E-state index is -4.78. The van der Waals surface area contributed by atoms with Crippen LogP contribution in [0.3, 0.4) is 0 Å². The number of alkyl halides is 3. The second kappa shape index (κ2) is 7.43. The number of aryl methyl sites for hydroxylation is 1. The summed E-state index contributed by atoms with van der Waals surface area (Å²) in [6.45, 7) is 1.81. The molecule has 0 aliphatic heterocycles. The number of halogens is 3. The Morgan fingerprint density at radius 3 is 2.57 bits per heavy atom. The van der Waals surface area contributed by atoms with Gasteiger partial charge in [-0.25, -0.2) is 0 Å². The van der Waals surface area contributed by atoms with Gasteiger partial charge in [-0.2, -0.15) is 0 Å². The molecule has 0 atom stereocenters. The van der Waals surface area contributed by atoms with E-state index < -0.39 is 12.3 Å². The van der Waals surface area contributed by atoms with Crippen LogP contribution in [-0.4, -0.2) is 37.5 Å². The van der Waals surface area contributed by atoms with E-state index in [4.69, 9.17) is 0 Å². The standard InChI is InChI=1S/C19H13F3N6O2/c1-11-10-16(14-4-2-3-5-15(14)23-11)24-18(29)17-25-27-28(26-17)12-6-8-13(9-7-12)30-19(20,21)22/h2-10H,1H3,(H,23,24,29). The Hall–Kier alpha value is -4.02. The Morgan fingerprint density at radius 1 is 1.10 bits per heavy atom. The van der Waals surface area contributed by atoms with Gasteiger partial charge >= 0.3 is 6.36 Å². The maximum absolute atomic E-state index is 12.6. The minimum absolute atomic E-state index is 0.204. The van der Waals surface area contributed by atoms with E-state index in [2.05, 4.69) is 30.4 Å². The van der Waals surface area contributed by atoms with Gasteiger partial charge < -0.3 is 10.1 Å². The van der Waals surface area contributed by atoms with Gasteiger partial charge in [-0.1, -0.05) is 18.2 Å². The van der Waals surface area contributed by atoms with Crippen molar-refractivity contribution in [3.8, 4) is 11.4 Å². The lowest BCUT2D eigenvalue weighted by atomic mass is 10.1. The normalized spacial score (nSPS) is 11.5. The number of amides is 1. The highest BCUT2D eigenvalue weighted by molar-refractivity contribution is 6.06. The number of hydrogen-bond acceptors (Lipinski definition) is 6. The van der Waals surface area contributed by atoms with Crippen LogP contribution < -0.4 is 10.1 Å². The van der Waals surface area contributed by atoms with E-state index in [0.717, 1.165) is 33.5 Å². The number of nitrogens with zero attached hydrogens (tertiary/aromatic N) is 5. The number of tetrazole rings is 1. The fourth-order valence-electron chi connectivity index (χ4n) is 2.79. The van der Waals surface area contributed by atoms with E-state index in [9.17, 15) is 18.0 Å². The van der Waals surface area contributed by atoms with Crippen molar-refractivity contribution in [2.45, 2.75) is 13.3 Å². The van der Waals surface area contributed by atoms with E-state index in [0.29, 0.717) is 11.4 Å². The van der Waals surface area contributed by atoms with Crippen molar-refractivity contribution in [2.24, 2.45) is 0 Å². The first-order chi connectivity index (χ1) is 14.3. The van der Waals surface area contributed by atoms with Crippen molar-refractivity contribution in [2.75, 3.05) is 5.32 Å². The number of ether oxygens (including phenoxy) is 1. The molecule has 4 rings (SSSR count). The minimum Gasteiger partial charge on any atom is -0.406 e. The van der Waals surface area contributed by atoms with Crippen molar-refractivity contribution < 1.29 is 22.7 Å². The van der Waals surface area contributed by atoms with Crippen molar-refractivity contribution in [3.05, 3.63) is 66.1 Å². The zero-order chi connectivity index (χ0) is 21.3. The van der Waals surface area contributed by atoms with Gasteiger partial charge in [0.1, 0.15) is 5.75 Å². The van der Waals surface area contributed by atoms with Crippen LogP contribution in [0.25, 0.3) is 16.6 Å². The molecule has 0 bridgehead atoms. The smallest absolute Gasteiger partial charge is 0.406 e. The molecule has 4 aromatic rings. The number of benzene rings is 2. The summed E-state index contributed by atoms with van der Waals surface area (Å²) in [6.07, 6.45) is -4.78. The number of hydrogen-bond donors (Lipinski definition) is 1. The zero-order valence-electron chi connectivity index (χ0n) is 15.4. The molecular formula is C19H13F3N6O2. The second-order valence-corrected chi connectivity index (χ2v) is 6.23. The molecule has 0 saturated heterocycles. The molecule has 0 spiro atoms. The molecule has 0 radical (unpaired) electrons. The van der Waals surface area contributed by atoms with Gasteiger partial charge in [0.15, 0.2) is 0 Å². The number of rotatable bonds is 4. The molecule has 2 heterocycles. The van der Waals surface area contributed by atoms with Crippen LogP contribution in [0.15, 0.2) is 54.6 Å². The first-order valence-electron chi connectivity index (χ1n) is 8.62. The summed E-state index contributed by atoms with van der Waals surface area (Å²) >= 11 is 0. The molecular weight excluding hydrogens is 401 g/mol. The molecule has 30 heavy (non-hydrogen) atoms. The molecule has 152 valence electrons. The summed E-state index contributed by atoms with van der Waals surface area (Å²) in [4.78, 5) is 18.0. The fourth-order valence-corrected chi connectivity index (χ4v) is 2.79. The Bertz CT molecular complexity index is 1220. The third kappa shape index (κ3) is 4.19. The van der Waals surface area contributed by atoms with Crippen LogP contribution in [0.4, 0.5) is 18.9 Å². The molecule has 1 N–H and O–H groups in total. The first-order valence-corrected chi connectivity index (χ1v) is 8.62. The summed E-state index contributed by atoms with van der Waals surface area (Å²) in [6, 6.07) is 13.9. The van der Waals surface area contributed by atoms with Crippen LogP contribution in [-0.2, 0) is 0 Å². The van der Waals surface area contributed by atoms with Crippen LogP contribution >= 0.6 is 0 Å². The molecule has 8 nitrogen and oxygen atoms in total. The van der Waals surface area contributed by atoms with Crippen molar-refractivity contribution in [1.29, 1.82) is 0 Å². The van der Waals surface area contributed by atoms with Crippen molar-refractivity contribution in [1.82, 2.24) is 25.2 Å². The predicted octanol–water partition coefficient (Wildman–Crippen LogP) is 3.67. The van der Waals surface area contributed by atoms with Crippen molar-refractivity contribution >= 4 is 22.5 Å². The third-order valence-corrected chi connectivity index (χ3v) is 4.01. The number of pyridine rings is 1. The molecule has 0 aliphatic rings. The number of carbonyl (C=O) groups excluding carboxylic acids is 1. The number of fused-ring (bicyclic) bond motifs is 1. The molecule has 0 fully saturated rings. The SMILES string of the molecule is Cc1cc(NC(=O)c2nnn(-c3ccc(OC(F)(F)F)cc3)n2)c2ccccc2n1. The lowest BCUT2D eigenvalue weighted by molar-refractivity contribution is -0.274. The van der Waals surface area contributed by atoms with Crippen LogP contribution in [0.2, 0.25) is 0 Å². The summed E-state index contributed by atoms with van der Waals surface area (Å²) < 4.78 is 40.6. The van der Waals surface area contributed by atoms with Gasteiger partial charge in [0.05, 0.1) is 16.9 Å². The van der Waals surface area contributed by atoms with Crippen LogP contribution in [0.1, 0.15) is 16.3 Å². The van der Waals surface area contributed by atoms with Gasteiger partial charge in [-0.15, -0.1) is 28.2 Å². The average Bonchev–Trinajstić information content (AvgIpc) is 3.17. The Balaban J connectivity index is 1.54. The largest absolute Gasteiger partial charge is 0.573 e. The highest BCUT2D eigenvalue weighted by atomic mass is 19.4. The van der Waals surface area contributed by atoms with E-state index in [1.807, 2.05) is 31.2 Å². The quantitative estimate of drug-likeness (QED) is 0.548. The molecule has 0 unspecified atom stereocenters. The highest BCUT2D eigenvalue weighted by Gasteiger charge is 2.31. The summed E-state index contributed by atoms with van der Waals surface area (Å²) in [5, 5.41) is 15.0. The highest BCUT2D eigenvalue weighted by Crippen LogP contribution is 2.24. The van der Waals surface area contributed by atoms with Gasteiger partial charge in [0, 0.05) is 11.1 Å². The number of nitrogens with one attached hydrogen (secondary N) is 1. The first kappa shape index (κ1) is 19.3. The lowest BCUT2D eigenvalue weighted by Gasteiger charge is -2.08. The number of carbonyl (C=O) groups is 1. The Labute approximate surface area is 167 Å². The number of aromatic nitrogens is 5. The number of para-hydroxylation sites is 1. The topological polar surface area (TPSA) is 94.8 Å². The molecule has 0 aliphatic carbocycles. The van der Waals surface area contributed by atoms with Crippen LogP contribution in [0, 0.1) is 6.92 Å². The third-order valence-electron chi connectivity index (χ3n) is 4.01. The monoisotopic (exact) mass is 414 g/mol. The van der Waals surface area contributed by atoms with Gasteiger partial charge in [0.2, 0.25) is 0 Å². The molecule has 1 amide bonds. The van der Waals surface area contributed by atoms with Crippen LogP contribution in [0.5, 0.6) is 5.75 Å². The Morgan fingerprint density at radius 2 is 1.83 bits per heavy atom. The summed E-state index contributed by atoms with van der Waals surface area (Å²) in [7, 11) is 0. The predicted molar refractivity (Wildman–Crippen MR) is 100 cm³/mol. The van der Waals surface area contributed by atoms with E-state index >= 15 is 0 Å². The average molecular weight is 414 g/mol. The second-order valence-electron chi connectivity index (χ2n) is 6.23. The molecule has 2 aromatic heterocycles. The molecule has 0 saturated carbocycles. The number of anilines is 1. The lowest BCUT2D eigenvalue weighted by Crippen LogP contribution is -2.17. The van der Waals surface area contributed by atoms with Gasteiger partial charge in [-0.3, -0.25) is 9.78 Å². The zero-order valence-corrected chi connectivity index (χ0v) is 15.4. The van der Waals surface area contributed by atoms with E-state index in [1.54, 1.807) is 6.07 Å². The Kier molecular flexibility index (Phi) is 4.78. The summed E-state index contributed by atoms with van der Waals surface area (Å²) in [5.74, 6) is -1.18. The maximum atomic E-state index is 12.6. The van der Waals surface area contributed by atoms with Gasteiger partial charge in [0.25, 0.3) is 11.7 Å². The van der Waals surface area contributed by atoms with Crippen molar-refractivity contribution in [3.63, 3.8) is 0 Å². The maximum Gasteiger partial charge on any atom is 0.573 e. The van der Waals surface area contributed by atoms with E-state index in [1.165, 1.54) is 12.1 Å². The molecule has 2 aromatic carbocycles. The van der Waals surface area contributed by atoms with E-state index in [-0.39, 0.29) is 11.6 Å². The van der Waals surface area contributed by atoms with Gasteiger partial charge in [-0.05, 0) is 48.5 Å².